The first-order valence-electron chi connectivity index (χ1n) is 9.62. The van der Waals surface area contributed by atoms with Crippen LogP contribution in [0.5, 0.6) is 0 Å². The molecule has 0 spiro atoms. The molecular formula is C22H23N3O2. The maximum absolute atomic E-state index is 13.0. The molecule has 4 rings (SSSR count). The van der Waals surface area contributed by atoms with Crippen LogP contribution in [0.15, 0.2) is 48.2 Å². The van der Waals surface area contributed by atoms with E-state index in [1.807, 2.05) is 18.2 Å². The van der Waals surface area contributed by atoms with Crippen molar-refractivity contribution in [3.8, 4) is 6.07 Å². The average molecular weight is 361 g/mol. The number of fused-ring (bicyclic) bond motifs is 1. The van der Waals surface area contributed by atoms with Gasteiger partial charge in [-0.1, -0.05) is 36.4 Å². The van der Waals surface area contributed by atoms with E-state index >= 15 is 0 Å². The summed E-state index contributed by atoms with van der Waals surface area (Å²) in [5, 5.41) is 9.28. The van der Waals surface area contributed by atoms with Crippen molar-refractivity contribution >= 4 is 11.8 Å². The van der Waals surface area contributed by atoms with E-state index in [0.717, 1.165) is 19.3 Å². The molecule has 2 heterocycles. The van der Waals surface area contributed by atoms with Crippen molar-refractivity contribution < 1.29 is 9.59 Å². The maximum Gasteiger partial charge on any atom is 0.250 e. The number of rotatable bonds is 3. The number of amides is 2. The minimum atomic E-state index is -0.440. The summed E-state index contributed by atoms with van der Waals surface area (Å²) < 4.78 is 0. The largest absolute Gasteiger partial charge is 0.331 e. The summed E-state index contributed by atoms with van der Waals surface area (Å²) in [4.78, 5) is 29.2. The van der Waals surface area contributed by atoms with E-state index < -0.39 is 6.04 Å². The van der Waals surface area contributed by atoms with Gasteiger partial charge in [0.15, 0.2) is 0 Å². The third-order valence-electron chi connectivity index (χ3n) is 5.81. The van der Waals surface area contributed by atoms with E-state index in [9.17, 15) is 14.9 Å². The van der Waals surface area contributed by atoms with E-state index in [2.05, 4.69) is 18.2 Å². The van der Waals surface area contributed by atoms with Crippen LogP contribution in [0, 0.1) is 17.2 Å². The molecular weight excluding hydrogens is 338 g/mol. The lowest BCUT2D eigenvalue weighted by molar-refractivity contribution is -0.142. The number of carbonyl (C=O) groups is 2. The molecule has 1 saturated heterocycles. The van der Waals surface area contributed by atoms with Gasteiger partial charge < -0.3 is 4.90 Å². The van der Waals surface area contributed by atoms with Gasteiger partial charge in [0, 0.05) is 19.5 Å². The summed E-state index contributed by atoms with van der Waals surface area (Å²) in [6.45, 7) is 1.03. The fraction of sp³-hybridized carbons (Fsp3) is 0.409. The van der Waals surface area contributed by atoms with E-state index in [4.69, 9.17) is 0 Å². The minimum Gasteiger partial charge on any atom is -0.331 e. The summed E-state index contributed by atoms with van der Waals surface area (Å²) in [7, 11) is 0. The molecule has 1 atom stereocenters. The number of nitriles is 1. The normalized spacial score (nSPS) is 21.7. The zero-order valence-electron chi connectivity index (χ0n) is 15.3. The van der Waals surface area contributed by atoms with Gasteiger partial charge in [0.1, 0.15) is 17.8 Å². The second-order valence-electron chi connectivity index (χ2n) is 7.53. The Morgan fingerprint density at radius 3 is 2.63 bits per heavy atom. The quantitative estimate of drug-likeness (QED) is 0.831. The highest BCUT2D eigenvalue weighted by Gasteiger charge is 2.38. The van der Waals surface area contributed by atoms with Crippen molar-refractivity contribution in [1.82, 2.24) is 9.80 Å². The molecule has 27 heavy (non-hydrogen) atoms. The molecule has 0 bridgehead atoms. The minimum absolute atomic E-state index is 0.0682. The average Bonchev–Trinajstić information content (AvgIpc) is 3.33. The molecule has 1 fully saturated rings. The molecule has 2 aliphatic heterocycles. The first-order valence-corrected chi connectivity index (χ1v) is 9.62. The van der Waals surface area contributed by atoms with Crippen molar-refractivity contribution in [2.75, 3.05) is 13.1 Å². The van der Waals surface area contributed by atoms with Crippen LogP contribution in [0.1, 0.15) is 30.4 Å². The molecule has 138 valence electrons. The number of hydrogen-bond donors (Lipinski definition) is 0. The Morgan fingerprint density at radius 2 is 1.93 bits per heavy atom. The van der Waals surface area contributed by atoms with Crippen LogP contribution in [0.3, 0.4) is 0 Å². The van der Waals surface area contributed by atoms with Gasteiger partial charge in [-0.2, -0.15) is 5.26 Å². The number of benzene rings is 1. The van der Waals surface area contributed by atoms with Crippen LogP contribution in [-0.2, 0) is 22.4 Å². The zero-order valence-corrected chi connectivity index (χ0v) is 15.3. The second-order valence-corrected chi connectivity index (χ2v) is 7.53. The molecule has 2 amide bonds. The molecule has 0 radical (unpaired) electrons. The topological polar surface area (TPSA) is 64.4 Å². The lowest BCUT2D eigenvalue weighted by Crippen LogP contribution is -2.48. The molecule has 1 aromatic carbocycles. The SMILES string of the molecule is N#CC1=CC=CCN1C(=O)[C@@H]1CCCN1C(=O)CC1Cc2ccccc2C1. The van der Waals surface area contributed by atoms with Crippen molar-refractivity contribution in [2.45, 2.75) is 38.1 Å². The van der Waals surface area contributed by atoms with Crippen LogP contribution in [-0.4, -0.2) is 40.7 Å². The van der Waals surface area contributed by atoms with Crippen molar-refractivity contribution in [1.29, 1.82) is 5.26 Å². The van der Waals surface area contributed by atoms with Crippen LogP contribution < -0.4 is 0 Å². The Morgan fingerprint density at radius 1 is 1.19 bits per heavy atom. The Labute approximate surface area is 159 Å². The van der Waals surface area contributed by atoms with E-state index in [1.54, 1.807) is 17.1 Å². The summed E-state index contributed by atoms with van der Waals surface area (Å²) >= 11 is 0. The van der Waals surface area contributed by atoms with Gasteiger partial charge in [0.05, 0.1) is 0 Å². The van der Waals surface area contributed by atoms with Gasteiger partial charge in [-0.25, -0.2) is 0 Å². The highest BCUT2D eigenvalue weighted by atomic mass is 16.2. The molecule has 5 heteroatoms. The van der Waals surface area contributed by atoms with E-state index in [-0.39, 0.29) is 11.8 Å². The number of carbonyl (C=O) groups excluding carboxylic acids is 2. The standard InChI is InChI=1S/C22H23N3O2/c23-15-19-8-3-4-10-24(19)22(27)20-9-5-11-25(20)21(26)14-16-12-17-6-1-2-7-18(17)13-16/h1-4,6-8,16,20H,5,9-14H2/t20-/m0/s1. The lowest BCUT2D eigenvalue weighted by atomic mass is 10.0. The highest BCUT2D eigenvalue weighted by Crippen LogP contribution is 2.30. The second kappa shape index (κ2) is 7.40. The number of nitrogens with zero attached hydrogens (tertiary/aromatic N) is 3. The predicted molar refractivity (Wildman–Crippen MR) is 101 cm³/mol. The Hall–Kier alpha value is -2.87. The van der Waals surface area contributed by atoms with Crippen molar-refractivity contribution in [2.24, 2.45) is 5.92 Å². The first kappa shape index (κ1) is 17.5. The molecule has 0 unspecified atom stereocenters. The van der Waals surface area contributed by atoms with E-state index in [0.29, 0.717) is 37.5 Å². The lowest BCUT2D eigenvalue weighted by Gasteiger charge is -2.30. The first-order chi connectivity index (χ1) is 13.2. The van der Waals surface area contributed by atoms with Gasteiger partial charge in [0.25, 0.3) is 5.91 Å². The fourth-order valence-corrected chi connectivity index (χ4v) is 4.48. The molecule has 0 saturated carbocycles. The zero-order chi connectivity index (χ0) is 18.8. The number of hydrogen-bond acceptors (Lipinski definition) is 3. The fourth-order valence-electron chi connectivity index (χ4n) is 4.48. The molecule has 0 N–H and O–H groups in total. The van der Waals surface area contributed by atoms with Gasteiger partial charge in [0.2, 0.25) is 5.91 Å². The third-order valence-corrected chi connectivity index (χ3v) is 5.81. The Kier molecular flexibility index (Phi) is 4.81. The summed E-state index contributed by atoms with van der Waals surface area (Å²) in [5.74, 6) is 0.255. The number of allylic oxidation sites excluding steroid dienone is 3. The predicted octanol–water partition coefficient (Wildman–Crippen LogP) is 2.59. The summed E-state index contributed by atoms with van der Waals surface area (Å²) in [5.41, 5.74) is 3.04. The van der Waals surface area contributed by atoms with Gasteiger partial charge in [-0.05, 0) is 48.8 Å². The monoisotopic (exact) mass is 361 g/mol. The van der Waals surface area contributed by atoms with Crippen molar-refractivity contribution in [3.63, 3.8) is 0 Å². The molecule has 1 aromatic rings. The smallest absolute Gasteiger partial charge is 0.250 e. The molecule has 0 aromatic heterocycles. The molecule has 1 aliphatic carbocycles. The van der Waals surface area contributed by atoms with Crippen LogP contribution in [0.25, 0.3) is 0 Å². The van der Waals surface area contributed by atoms with Crippen LogP contribution in [0.2, 0.25) is 0 Å². The van der Waals surface area contributed by atoms with Gasteiger partial charge in [-0.15, -0.1) is 0 Å². The molecule has 5 nitrogen and oxygen atoms in total. The summed E-state index contributed by atoms with van der Waals surface area (Å²) in [6, 6.07) is 10.0. The van der Waals surface area contributed by atoms with Crippen molar-refractivity contribution in [3.05, 3.63) is 59.3 Å². The highest BCUT2D eigenvalue weighted by molar-refractivity contribution is 5.90. The summed E-state index contributed by atoms with van der Waals surface area (Å²) in [6.07, 6.45) is 9.17. The third kappa shape index (κ3) is 3.40. The van der Waals surface area contributed by atoms with Crippen LogP contribution in [0.4, 0.5) is 0 Å². The van der Waals surface area contributed by atoms with Crippen LogP contribution >= 0.6 is 0 Å². The molecule has 3 aliphatic rings. The van der Waals surface area contributed by atoms with Gasteiger partial charge >= 0.3 is 0 Å². The van der Waals surface area contributed by atoms with E-state index in [1.165, 1.54) is 16.0 Å². The number of likely N-dealkylation sites (tertiary alicyclic amines) is 1. The Balaban J connectivity index is 1.42. The maximum atomic E-state index is 13.0. The Bertz CT molecular complexity index is 840. The van der Waals surface area contributed by atoms with Gasteiger partial charge in [-0.3, -0.25) is 14.5 Å².